The lowest BCUT2D eigenvalue weighted by atomic mass is 9.98. The van der Waals surface area contributed by atoms with Gasteiger partial charge in [0.1, 0.15) is 11.4 Å². The third-order valence-corrected chi connectivity index (χ3v) is 3.97. The number of nitrogens with one attached hydrogen (secondary N) is 1. The van der Waals surface area contributed by atoms with Crippen LogP contribution in [0.3, 0.4) is 0 Å². The molecule has 1 saturated heterocycles. The minimum absolute atomic E-state index is 0.171. The van der Waals surface area contributed by atoms with Crippen LogP contribution in [0.2, 0.25) is 0 Å². The van der Waals surface area contributed by atoms with Crippen molar-refractivity contribution in [1.29, 1.82) is 0 Å². The molecule has 1 heterocycles. The number of anilines is 2. The Hall–Kier alpha value is -1.82. The summed E-state index contributed by atoms with van der Waals surface area (Å²) in [7, 11) is 2.07. The molecule has 0 bridgehead atoms. The van der Waals surface area contributed by atoms with E-state index < -0.39 is 11.8 Å². The molecule has 0 aromatic heterocycles. The molecule has 1 aliphatic heterocycles. The van der Waals surface area contributed by atoms with Crippen molar-refractivity contribution >= 4 is 17.3 Å². The lowest BCUT2D eigenvalue weighted by molar-refractivity contribution is 0.0698. The van der Waals surface area contributed by atoms with Gasteiger partial charge in [-0.3, -0.25) is 0 Å². The van der Waals surface area contributed by atoms with Gasteiger partial charge in [-0.2, -0.15) is 0 Å². The van der Waals surface area contributed by atoms with Crippen molar-refractivity contribution in [3.05, 3.63) is 23.5 Å². The fourth-order valence-corrected chi connectivity index (χ4v) is 2.59. The number of hydrogen-bond donors (Lipinski definition) is 3. The molecule has 0 radical (unpaired) electrons. The highest BCUT2D eigenvalue weighted by atomic mass is 19.1. The van der Waals surface area contributed by atoms with Gasteiger partial charge in [0.25, 0.3) is 0 Å². The Kier molecular flexibility index (Phi) is 4.13. The molecule has 110 valence electrons. The molecule has 1 aromatic rings. The second-order valence-electron chi connectivity index (χ2n) is 5.38. The van der Waals surface area contributed by atoms with Crippen molar-refractivity contribution in [1.82, 2.24) is 4.90 Å². The summed E-state index contributed by atoms with van der Waals surface area (Å²) >= 11 is 0. The van der Waals surface area contributed by atoms with Gasteiger partial charge in [-0.15, -0.1) is 0 Å². The highest BCUT2D eigenvalue weighted by Crippen LogP contribution is 2.28. The number of nitrogens with zero attached hydrogens (tertiary/aromatic N) is 1. The molecule has 1 fully saturated rings. The van der Waals surface area contributed by atoms with E-state index in [-0.39, 0.29) is 17.3 Å². The predicted octanol–water partition coefficient (Wildman–Crippen LogP) is 2.00. The van der Waals surface area contributed by atoms with Crippen LogP contribution in [0.15, 0.2) is 12.1 Å². The van der Waals surface area contributed by atoms with E-state index >= 15 is 0 Å². The van der Waals surface area contributed by atoms with Crippen molar-refractivity contribution in [2.75, 3.05) is 24.6 Å². The van der Waals surface area contributed by atoms with Gasteiger partial charge in [0.05, 0.1) is 11.4 Å². The normalized spacial score (nSPS) is 23.6. The van der Waals surface area contributed by atoms with Gasteiger partial charge in [0.15, 0.2) is 0 Å². The second-order valence-corrected chi connectivity index (χ2v) is 5.38. The number of carboxylic acid groups (broad SMARTS) is 1. The van der Waals surface area contributed by atoms with E-state index in [1.165, 1.54) is 12.1 Å². The second kappa shape index (κ2) is 5.66. The van der Waals surface area contributed by atoms with Crippen molar-refractivity contribution in [3.63, 3.8) is 0 Å². The van der Waals surface area contributed by atoms with E-state index in [1.54, 1.807) is 0 Å². The lowest BCUT2D eigenvalue weighted by Crippen LogP contribution is -2.42. The molecular formula is C14H20FN3O2. The average Bonchev–Trinajstić information content (AvgIpc) is 2.38. The number of carbonyl (C=O) groups is 1. The van der Waals surface area contributed by atoms with E-state index in [0.29, 0.717) is 11.7 Å². The van der Waals surface area contributed by atoms with Crippen LogP contribution in [0.1, 0.15) is 30.1 Å². The van der Waals surface area contributed by atoms with Gasteiger partial charge in [0, 0.05) is 18.6 Å². The van der Waals surface area contributed by atoms with Crippen LogP contribution in [0.4, 0.5) is 15.8 Å². The highest BCUT2D eigenvalue weighted by molar-refractivity contribution is 6.00. The molecule has 6 heteroatoms. The largest absolute Gasteiger partial charge is 0.478 e. The molecule has 0 saturated carbocycles. The van der Waals surface area contributed by atoms with E-state index in [2.05, 4.69) is 24.2 Å². The first-order valence-corrected chi connectivity index (χ1v) is 6.68. The Balaban J connectivity index is 2.22. The molecule has 0 amide bonds. The quantitative estimate of drug-likeness (QED) is 0.739. The number of carboxylic acids is 1. The van der Waals surface area contributed by atoms with Gasteiger partial charge in [-0.1, -0.05) is 0 Å². The average molecular weight is 281 g/mol. The molecule has 0 aliphatic carbocycles. The topological polar surface area (TPSA) is 78.6 Å². The third kappa shape index (κ3) is 2.85. The maximum absolute atomic E-state index is 13.4. The van der Waals surface area contributed by atoms with Crippen LogP contribution in [-0.4, -0.2) is 41.7 Å². The number of aromatic carboxylic acids is 1. The Morgan fingerprint density at radius 2 is 2.25 bits per heavy atom. The Labute approximate surface area is 117 Å². The Bertz CT molecular complexity index is 521. The summed E-state index contributed by atoms with van der Waals surface area (Å²) in [6.07, 6.45) is 1.82. The molecule has 0 spiro atoms. The van der Waals surface area contributed by atoms with Crippen molar-refractivity contribution in [3.8, 4) is 0 Å². The van der Waals surface area contributed by atoms with Crippen molar-refractivity contribution in [2.24, 2.45) is 0 Å². The van der Waals surface area contributed by atoms with Crippen LogP contribution in [0.25, 0.3) is 0 Å². The summed E-state index contributed by atoms with van der Waals surface area (Å²) < 4.78 is 13.4. The number of halogens is 1. The fourth-order valence-electron chi connectivity index (χ4n) is 2.59. The highest BCUT2D eigenvalue weighted by Gasteiger charge is 2.25. The summed E-state index contributed by atoms with van der Waals surface area (Å²) in [5.74, 6) is -1.92. The first-order chi connectivity index (χ1) is 9.40. The molecule has 1 aliphatic rings. The number of hydrogen-bond acceptors (Lipinski definition) is 4. The molecule has 1 aromatic carbocycles. The van der Waals surface area contributed by atoms with Crippen molar-refractivity contribution in [2.45, 2.75) is 31.8 Å². The minimum Gasteiger partial charge on any atom is -0.478 e. The zero-order chi connectivity index (χ0) is 14.9. The number of nitrogens with two attached hydrogens (primary N) is 1. The van der Waals surface area contributed by atoms with Gasteiger partial charge < -0.3 is 21.1 Å². The van der Waals surface area contributed by atoms with Crippen LogP contribution in [0.5, 0.6) is 0 Å². The van der Waals surface area contributed by atoms with Gasteiger partial charge in [0.2, 0.25) is 0 Å². The van der Waals surface area contributed by atoms with Crippen LogP contribution in [-0.2, 0) is 0 Å². The van der Waals surface area contributed by atoms with Crippen molar-refractivity contribution < 1.29 is 14.3 Å². The standard InChI is InChI=1S/C14H20FN3O2/c1-8-7-9(5-6-18(8)2)17-11-4-3-10(15)13(16)12(11)14(19)20/h3-4,8-9,17H,5-7,16H2,1-2H3,(H,19,20). The molecule has 20 heavy (non-hydrogen) atoms. The third-order valence-electron chi connectivity index (χ3n) is 3.97. The number of likely N-dealkylation sites (tertiary alicyclic amines) is 1. The molecule has 2 unspecified atom stereocenters. The van der Waals surface area contributed by atoms with Crippen LogP contribution < -0.4 is 11.1 Å². The number of benzene rings is 1. The lowest BCUT2D eigenvalue weighted by Gasteiger charge is -2.36. The number of rotatable bonds is 3. The molecule has 2 rings (SSSR count). The zero-order valence-electron chi connectivity index (χ0n) is 11.7. The van der Waals surface area contributed by atoms with Crippen LogP contribution >= 0.6 is 0 Å². The summed E-state index contributed by atoms with van der Waals surface area (Å²) in [5, 5.41) is 12.4. The SMILES string of the molecule is CC1CC(Nc2ccc(F)c(N)c2C(=O)O)CCN1C. The summed E-state index contributed by atoms with van der Waals surface area (Å²) in [5.41, 5.74) is 5.42. The van der Waals surface area contributed by atoms with Gasteiger partial charge >= 0.3 is 5.97 Å². The molecule has 4 N–H and O–H groups in total. The van der Waals surface area contributed by atoms with Gasteiger partial charge in [-0.05, 0) is 38.9 Å². The van der Waals surface area contributed by atoms with E-state index in [0.717, 1.165) is 19.4 Å². The molecular weight excluding hydrogens is 261 g/mol. The first-order valence-electron chi connectivity index (χ1n) is 6.68. The summed E-state index contributed by atoms with van der Waals surface area (Å²) in [4.78, 5) is 13.5. The first kappa shape index (κ1) is 14.6. The van der Waals surface area contributed by atoms with E-state index in [9.17, 15) is 14.3 Å². The predicted molar refractivity (Wildman–Crippen MR) is 76.5 cm³/mol. The maximum Gasteiger partial charge on any atom is 0.340 e. The monoisotopic (exact) mass is 281 g/mol. The van der Waals surface area contributed by atoms with E-state index in [4.69, 9.17) is 5.73 Å². The fraction of sp³-hybridized carbons (Fsp3) is 0.500. The van der Waals surface area contributed by atoms with Crippen LogP contribution in [0, 0.1) is 5.82 Å². The Morgan fingerprint density at radius 1 is 1.55 bits per heavy atom. The van der Waals surface area contributed by atoms with Gasteiger partial charge in [-0.25, -0.2) is 9.18 Å². The molecule has 5 nitrogen and oxygen atoms in total. The summed E-state index contributed by atoms with van der Waals surface area (Å²) in [6, 6.07) is 3.23. The number of nitrogen functional groups attached to an aromatic ring is 1. The maximum atomic E-state index is 13.4. The summed E-state index contributed by atoms with van der Waals surface area (Å²) in [6.45, 7) is 3.07. The molecule has 2 atom stereocenters. The zero-order valence-corrected chi connectivity index (χ0v) is 11.7. The Morgan fingerprint density at radius 3 is 2.85 bits per heavy atom. The number of piperidine rings is 1. The van der Waals surface area contributed by atoms with E-state index in [1.807, 2.05) is 0 Å². The minimum atomic E-state index is -1.22. The smallest absolute Gasteiger partial charge is 0.340 e.